The molecule has 1 heterocycles. The first kappa shape index (κ1) is 24.1. The molecule has 1 aromatic heterocycles. The third kappa shape index (κ3) is 6.25. The van der Waals surface area contributed by atoms with Gasteiger partial charge in [-0.25, -0.2) is 0 Å². The van der Waals surface area contributed by atoms with Gasteiger partial charge in [-0.05, 0) is 41.8 Å². The van der Waals surface area contributed by atoms with Gasteiger partial charge in [-0.1, -0.05) is 60.9 Å². The highest BCUT2D eigenvalue weighted by Gasteiger charge is 2.14. The van der Waals surface area contributed by atoms with Gasteiger partial charge in [-0.15, -0.1) is 10.2 Å². The predicted octanol–water partition coefficient (Wildman–Crippen LogP) is 4.91. The fourth-order valence-corrected chi connectivity index (χ4v) is 3.83. The minimum absolute atomic E-state index is 0.134. The van der Waals surface area contributed by atoms with Gasteiger partial charge in [-0.3, -0.25) is 9.59 Å². The number of benzene rings is 2. The van der Waals surface area contributed by atoms with Crippen molar-refractivity contribution in [3.63, 3.8) is 0 Å². The van der Waals surface area contributed by atoms with E-state index in [9.17, 15) is 9.59 Å². The zero-order valence-electron chi connectivity index (χ0n) is 17.9. The number of hydrogen-bond acceptors (Lipinski definition) is 5. The molecule has 0 aliphatic carbocycles. The highest BCUT2D eigenvalue weighted by Crippen LogP contribution is 2.23. The molecule has 3 aromatic rings. The molecule has 168 valence electrons. The third-order valence-electron chi connectivity index (χ3n) is 4.71. The highest BCUT2D eigenvalue weighted by molar-refractivity contribution is 7.99. The molecule has 2 amide bonds. The SMILES string of the molecule is CC(C)c1ccc(NC(=O)CSc2nnc(CNC(=O)c3ccc(Cl)c(Cl)c3)n2C)cc1. The van der Waals surface area contributed by atoms with Crippen LogP contribution in [0.25, 0.3) is 0 Å². The van der Waals surface area contributed by atoms with Gasteiger partial charge in [0.05, 0.1) is 22.3 Å². The first-order valence-electron chi connectivity index (χ1n) is 9.88. The van der Waals surface area contributed by atoms with Crippen LogP contribution in [0.5, 0.6) is 0 Å². The van der Waals surface area contributed by atoms with E-state index >= 15 is 0 Å². The Balaban J connectivity index is 1.51. The summed E-state index contributed by atoms with van der Waals surface area (Å²) in [4.78, 5) is 24.6. The molecule has 0 unspecified atom stereocenters. The summed E-state index contributed by atoms with van der Waals surface area (Å²) in [6, 6.07) is 12.5. The average Bonchev–Trinajstić information content (AvgIpc) is 3.12. The van der Waals surface area contributed by atoms with E-state index in [1.807, 2.05) is 24.3 Å². The summed E-state index contributed by atoms with van der Waals surface area (Å²) in [5.41, 5.74) is 2.37. The molecule has 0 saturated carbocycles. The Morgan fingerprint density at radius 3 is 2.44 bits per heavy atom. The summed E-state index contributed by atoms with van der Waals surface area (Å²) < 4.78 is 1.74. The quantitative estimate of drug-likeness (QED) is 0.437. The molecule has 0 aliphatic heterocycles. The maximum atomic E-state index is 12.3. The maximum absolute atomic E-state index is 12.3. The summed E-state index contributed by atoms with van der Waals surface area (Å²) in [6.07, 6.45) is 0. The molecule has 2 aromatic carbocycles. The Labute approximate surface area is 200 Å². The molecule has 0 saturated heterocycles. The van der Waals surface area contributed by atoms with Crippen molar-refractivity contribution < 1.29 is 9.59 Å². The van der Waals surface area contributed by atoms with Crippen molar-refractivity contribution in [1.29, 1.82) is 0 Å². The smallest absolute Gasteiger partial charge is 0.251 e. The number of rotatable bonds is 8. The summed E-state index contributed by atoms with van der Waals surface area (Å²) >= 11 is 13.1. The zero-order chi connectivity index (χ0) is 23.3. The van der Waals surface area contributed by atoms with Gasteiger partial charge >= 0.3 is 0 Å². The number of halogens is 2. The van der Waals surface area contributed by atoms with Gasteiger partial charge in [0.25, 0.3) is 5.91 Å². The number of carbonyl (C=O) groups is 2. The van der Waals surface area contributed by atoms with Crippen molar-refractivity contribution in [2.24, 2.45) is 7.05 Å². The van der Waals surface area contributed by atoms with Crippen LogP contribution in [0.2, 0.25) is 10.0 Å². The fourth-order valence-electron chi connectivity index (χ4n) is 2.80. The van der Waals surface area contributed by atoms with E-state index in [0.29, 0.717) is 32.5 Å². The first-order chi connectivity index (χ1) is 15.2. The minimum Gasteiger partial charge on any atom is -0.345 e. The van der Waals surface area contributed by atoms with E-state index in [4.69, 9.17) is 23.2 Å². The number of hydrogen-bond donors (Lipinski definition) is 2. The molecule has 32 heavy (non-hydrogen) atoms. The molecule has 0 aliphatic rings. The largest absolute Gasteiger partial charge is 0.345 e. The Bertz CT molecular complexity index is 1120. The first-order valence-corrected chi connectivity index (χ1v) is 11.6. The number of anilines is 1. The summed E-state index contributed by atoms with van der Waals surface area (Å²) in [5.74, 6) is 0.751. The molecule has 0 atom stereocenters. The maximum Gasteiger partial charge on any atom is 0.251 e. The molecule has 2 N–H and O–H groups in total. The van der Waals surface area contributed by atoms with Gasteiger partial charge in [0.15, 0.2) is 11.0 Å². The standard InChI is InChI=1S/C22H23Cl2N5O2S/c1-13(2)14-4-7-16(8-5-14)26-20(30)12-32-22-28-27-19(29(22)3)11-25-21(31)15-6-9-17(23)18(24)10-15/h4-10,13H,11-12H2,1-3H3,(H,25,31)(H,26,30). The van der Waals surface area contributed by atoms with E-state index in [-0.39, 0.29) is 24.1 Å². The minimum atomic E-state index is -0.302. The van der Waals surface area contributed by atoms with Gasteiger partial charge in [0.1, 0.15) is 0 Å². The molecule has 7 nitrogen and oxygen atoms in total. The van der Waals surface area contributed by atoms with E-state index in [1.54, 1.807) is 23.7 Å². The molecular formula is C22H23Cl2N5O2S. The van der Waals surface area contributed by atoms with Crippen LogP contribution in [0.4, 0.5) is 5.69 Å². The van der Waals surface area contributed by atoms with Crippen LogP contribution in [0.1, 0.15) is 41.5 Å². The van der Waals surface area contributed by atoms with Crippen LogP contribution in [-0.4, -0.2) is 32.3 Å². The zero-order valence-corrected chi connectivity index (χ0v) is 20.2. The van der Waals surface area contributed by atoms with Gasteiger partial charge < -0.3 is 15.2 Å². The number of aromatic nitrogens is 3. The van der Waals surface area contributed by atoms with Crippen molar-refractivity contribution in [2.45, 2.75) is 31.5 Å². The fraction of sp³-hybridized carbons (Fsp3) is 0.273. The predicted molar refractivity (Wildman–Crippen MR) is 129 cm³/mol. The monoisotopic (exact) mass is 491 g/mol. The Kier molecular flexibility index (Phi) is 8.17. The molecule has 10 heteroatoms. The Morgan fingerprint density at radius 1 is 1.06 bits per heavy atom. The van der Waals surface area contributed by atoms with Gasteiger partial charge in [0, 0.05) is 18.3 Å². The van der Waals surface area contributed by atoms with E-state index in [0.717, 1.165) is 5.69 Å². The van der Waals surface area contributed by atoms with Crippen LogP contribution < -0.4 is 10.6 Å². The molecule has 0 spiro atoms. The number of amides is 2. The summed E-state index contributed by atoms with van der Waals surface area (Å²) in [5, 5.41) is 15.1. The third-order valence-corrected chi connectivity index (χ3v) is 6.47. The van der Waals surface area contributed by atoms with Crippen LogP contribution in [0, 0.1) is 0 Å². The molecule has 0 fully saturated rings. The molecule has 0 radical (unpaired) electrons. The highest BCUT2D eigenvalue weighted by atomic mass is 35.5. The summed E-state index contributed by atoms with van der Waals surface area (Å²) in [6.45, 7) is 4.42. The van der Waals surface area contributed by atoms with Crippen molar-refractivity contribution in [3.05, 3.63) is 69.5 Å². The number of thioether (sulfide) groups is 1. The second-order valence-electron chi connectivity index (χ2n) is 7.38. The average molecular weight is 492 g/mol. The number of nitrogens with zero attached hydrogens (tertiary/aromatic N) is 3. The van der Waals surface area contributed by atoms with Crippen LogP contribution in [0.3, 0.4) is 0 Å². The molecule has 3 rings (SSSR count). The van der Waals surface area contributed by atoms with Crippen molar-refractivity contribution in [1.82, 2.24) is 20.1 Å². The van der Waals surface area contributed by atoms with Crippen LogP contribution in [-0.2, 0) is 18.4 Å². The van der Waals surface area contributed by atoms with Crippen molar-refractivity contribution >= 4 is 52.5 Å². The van der Waals surface area contributed by atoms with Gasteiger partial charge in [0.2, 0.25) is 5.91 Å². The van der Waals surface area contributed by atoms with Crippen LogP contribution >= 0.6 is 35.0 Å². The Morgan fingerprint density at radius 2 is 1.78 bits per heavy atom. The van der Waals surface area contributed by atoms with Crippen LogP contribution in [0.15, 0.2) is 47.6 Å². The van der Waals surface area contributed by atoms with Gasteiger partial charge in [-0.2, -0.15) is 0 Å². The van der Waals surface area contributed by atoms with E-state index in [1.165, 1.54) is 23.4 Å². The van der Waals surface area contributed by atoms with Crippen molar-refractivity contribution in [2.75, 3.05) is 11.1 Å². The second kappa shape index (κ2) is 10.8. The summed E-state index contributed by atoms with van der Waals surface area (Å²) in [7, 11) is 1.78. The molecule has 0 bridgehead atoms. The lowest BCUT2D eigenvalue weighted by Gasteiger charge is -2.09. The lowest BCUT2D eigenvalue weighted by atomic mass is 10.0. The van der Waals surface area contributed by atoms with Crippen molar-refractivity contribution in [3.8, 4) is 0 Å². The number of carbonyl (C=O) groups excluding carboxylic acids is 2. The second-order valence-corrected chi connectivity index (χ2v) is 9.14. The topological polar surface area (TPSA) is 88.9 Å². The Hall–Kier alpha value is -2.55. The lowest BCUT2D eigenvalue weighted by molar-refractivity contribution is -0.113. The number of nitrogens with one attached hydrogen (secondary N) is 2. The molecular weight excluding hydrogens is 469 g/mol. The lowest BCUT2D eigenvalue weighted by Crippen LogP contribution is -2.24. The van der Waals surface area contributed by atoms with E-state index < -0.39 is 0 Å². The van der Waals surface area contributed by atoms with E-state index in [2.05, 4.69) is 34.7 Å². The normalized spacial score (nSPS) is 10.9.